The molecule has 0 saturated carbocycles. The molecule has 1 aliphatic rings. The molecular formula is C45H33N5. The quantitative estimate of drug-likeness (QED) is 0.196. The van der Waals surface area contributed by atoms with Gasteiger partial charge in [-0.1, -0.05) is 133 Å². The molecule has 1 aliphatic heterocycles. The molecule has 5 nitrogen and oxygen atoms in total. The lowest BCUT2D eigenvalue weighted by Crippen LogP contribution is -2.47. The van der Waals surface area contributed by atoms with Crippen molar-refractivity contribution in [3.8, 4) is 16.8 Å². The predicted molar refractivity (Wildman–Crippen MR) is 207 cm³/mol. The number of nitrogens with zero attached hydrogens (tertiary/aromatic N) is 3. The largest absolute Gasteiger partial charge is 0.337 e. The summed E-state index contributed by atoms with van der Waals surface area (Å²) in [5.41, 5.74) is 10.4. The van der Waals surface area contributed by atoms with Crippen molar-refractivity contribution in [2.45, 2.75) is 12.5 Å². The van der Waals surface area contributed by atoms with Crippen LogP contribution in [0.1, 0.15) is 23.6 Å². The first-order valence-electron chi connectivity index (χ1n) is 17.1. The molecule has 0 fully saturated rings. The third-order valence-electron chi connectivity index (χ3n) is 10.00. The third-order valence-corrected chi connectivity index (χ3v) is 10.00. The van der Waals surface area contributed by atoms with E-state index in [2.05, 4.69) is 190 Å². The molecule has 3 heterocycles. The first-order valence-corrected chi connectivity index (χ1v) is 17.1. The fourth-order valence-electron chi connectivity index (χ4n) is 7.69. The summed E-state index contributed by atoms with van der Waals surface area (Å²) < 4.78 is 4.77. The number of hydrogen-bond donors (Lipinski definition) is 2. The minimum absolute atomic E-state index is 0.221. The van der Waals surface area contributed by atoms with Crippen molar-refractivity contribution in [1.29, 1.82) is 0 Å². The van der Waals surface area contributed by atoms with Crippen molar-refractivity contribution in [3.63, 3.8) is 0 Å². The molecule has 2 aromatic heterocycles. The Kier molecular flexibility index (Phi) is 6.64. The molecule has 238 valence electrons. The number of para-hydroxylation sites is 3. The zero-order valence-electron chi connectivity index (χ0n) is 27.2. The summed E-state index contributed by atoms with van der Waals surface area (Å²) in [5, 5.41) is 12.5. The Hall–Kier alpha value is -6.43. The lowest BCUT2D eigenvalue weighted by molar-refractivity contribution is 0.329. The van der Waals surface area contributed by atoms with Crippen molar-refractivity contribution in [2.75, 3.05) is 0 Å². The standard InChI is InChI=1S/C45H33N5/c1-4-14-30(15-5-1)43-46-44(31-16-6-2-7-17-31)48-45(47-43)50-40-23-13-10-20-35(40)37-26-24-33(29-42(37)50)32-25-27-41-38(28-32)36-21-11-12-22-39(36)49(41)34-18-8-3-9-19-34/h1-29,43,45,47H,(H,46,48). The van der Waals surface area contributed by atoms with Crippen molar-refractivity contribution >= 4 is 49.4 Å². The Balaban J connectivity index is 1.14. The van der Waals surface area contributed by atoms with Crippen LogP contribution in [0.25, 0.3) is 60.4 Å². The highest BCUT2D eigenvalue weighted by Gasteiger charge is 2.28. The van der Waals surface area contributed by atoms with E-state index in [0.29, 0.717) is 0 Å². The highest BCUT2D eigenvalue weighted by molar-refractivity contribution is 6.12. The average Bonchev–Trinajstić information content (AvgIpc) is 3.71. The van der Waals surface area contributed by atoms with E-state index >= 15 is 0 Å². The molecule has 0 aliphatic carbocycles. The van der Waals surface area contributed by atoms with Gasteiger partial charge in [0, 0.05) is 32.8 Å². The van der Waals surface area contributed by atoms with Crippen LogP contribution in [0.3, 0.4) is 0 Å². The first kappa shape index (κ1) is 28.6. The maximum atomic E-state index is 5.16. The van der Waals surface area contributed by atoms with E-state index < -0.39 is 0 Å². The number of nitrogens with one attached hydrogen (secondary N) is 2. The van der Waals surface area contributed by atoms with Gasteiger partial charge in [0.25, 0.3) is 0 Å². The minimum Gasteiger partial charge on any atom is -0.337 e. The van der Waals surface area contributed by atoms with Crippen LogP contribution in [0.4, 0.5) is 0 Å². The smallest absolute Gasteiger partial charge is 0.162 e. The van der Waals surface area contributed by atoms with E-state index in [1.54, 1.807) is 0 Å². The second-order valence-electron chi connectivity index (χ2n) is 12.9. The summed E-state index contributed by atoms with van der Waals surface area (Å²) in [6, 6.07) is 62.7. The molecule has 0 amide bonds. The van der Waals surface area contributed by atoms with E-state index in [9.17, 15) is 0 Å². The van der Waals surface area contributed by atoms with E-state index in [1.807, 2.05) is 6.07 Å². The maximum absolute atomic E-state index is 5.16. The van der Waals surface area contributed by atoms with Gasteiger partial charge in [-0.3, -0.25) is 5.32 Å². The van der Waals surface area contributed by atoms with Gasteiger partial charge in [-0.25, -0.2) is 4.99 Å². The Morgan fingerprint density at radius 1 is 0.440 bits per heavy atom. The molecule has 7 aromatic carbocycles. The summed E-state index contributed by atoms with van der Waals surface area (Å²) >= 11 is 0. The summed E-state index contributed by atoms with van der Waals surface area (Å²) in [6.45, 7) is 0. The van der Waals surface area contributed by atoms with Crippen LogP contribution < -0.4 is 10.6 Å². The Morgan fingerprint density at radius 2 is 1.02 bits per heavy atom. The van der Waals surface area contributed by atoms with Gasteiger partial charge >= 0.3 is 0 Å². The normalized spacial score (nSPS) is 16.2. The molecule has 10 rings (SSSR count). The maximum Gasteiger partial charge on any atom is 0.162 e. The van der Waals surface area contributed by atoms with Crippen molar-refractivity contribution in [1.82, 2.24) is 19.8 Å². The molecule has 9 aromatic rings. The summed E-state index contributed by atoms with van der Waals surface area (Å²) in [7, 11) is 0. The molecule has 0 bridgehead atoms. The van der Waals surface area contributed by atoms with Crippen LogP contribution in [0.15, 0.2) is 181 Å². The fraction of sp³-hybridized carbons (Fsp3) is 0.0444. The van der Waals surface area contributed by atoms with Crippen LogP contribution >= 0.6 is 0 Å². The topological polar surface area (TPSA) is 46.3 Å². The van der Waals surface area contributed by atoms with Crippen molar-refractivity contribution in [3.05, 3.63) is 187 Å². The third kappa shape index (κ3) is 4.63. The number of benzene rings is 7. The van der Waals surface area contributed by atoms with Gasteiger partial charge in [-0.15, -0.1) is 0 Å². The number of aromatic nitrogens is 2. The van der Waals surface area contributed by atoms with Crippen molar-refractivity contribution < 1.29 is 0 Å². The number of fused-ring (bicyclic) bond motifs is 6. The second-order valence-corrected chi connectivity index (χ2v) is 12.9. The van der Waals surface area contributed by atoms with Crippen LogP contribution in [0, 0.1) is 0 Å². The predicted octanol–water partition coefficient (Wildman–Crippen LogP) is 10.4. The molecular weight excluding hydrogens is 611 g/mol. The molecule has 2 unspecified atom stereocenters. The van der Waals surface area contributed by atoms with Gasteiger partial charge in [0.05, 0.1) is 22.1 Å². The van der Waals surface area contributed by atoms with Gasteiger partial charge in [-0.05, 0) is 59.2 Å². The highest BCUT2D eigenvalue weighted by atomic mass is 15.4. The Bertz CT molecular complexity index is 2710. The Morgan fingerprint density at radius 3 is 1.80 bits per heavy atom. The summed E-state index contributed by atoms with van der Waals surface area (Å²) in [4.78, 5) is 5.16. The van der Waals surface area contributed by atoms with Crippen LogP contribution in [-0.2, 0) is 0 Å². The highest BCUT2D eigenvalue weighted by Crippen LogP contribution is 2.38. The van der Waals surface area contributed by atoms with Gasteiger partial charge < -0.3 is 14.5 Å². The SMILES string of the molecule is c1ccc(C2=NC(c3ccccc3)NC(n3c4ccccc4c4ccc(-c5ccc6c(c5)c5ccccc5n6-c5ccccc5)cc43)N2)cc1. The van der Waals surface area contributed by atoms with E-state index in [0.717, 1.165) is 33.7 Å². The zero-order valence-corrected chi connectivity index (χ0v) is 27.2. The van der Waals surface area contributed by atoms with Gasteiger partial charge in [0.15, 0.2) is 6.29 Å². The molecule has 2 N–H and O–H groups in total. The molecule has 0 spiro atoms. The fourth-order valence-corrected chi connectivity index (χ4v) is 7.69. The van der Waals surface area contributed by atoms with Crippen molar-refractivity contribution in [2.24, 2.45) is 4.99 Å². The molecule has 0 radical (unpaired) electrons. The average molecular weight is 644 g/mol. The lowest BCUT2D eigenvalue weighted by atomic mass is 10.0. The minimum atomic E-state index is -0.253. The van der Waals surface area contributed by atoms with Crippen LogP contribution in [-0.4, -0.2) is 15.0 Å². The lowest BCUT2D eigenvalue weighted by Gasteiger charge is -2.33. The molecule has 2 atom stereocenters. The monoisotopic (exact) mass is 643 g/mol. The number of rotatable bonds is 5. The van der Waals surface area contributed by atoms with E-state index in [-0.39, 0.29) is 12.5 Å². The number of amidine groups is 1. The molecule has 0 saturated heterocycles. The zero-order chi connectivity index (χ0) is 33.0. The second kappa shape index (κ2) is 11.6. The van der Waals surface area contributed by atoms with Gasteiger partial charge in [0.1, 0.15) is 12.0 Å². The van der Waals surface area contributed by atoms with Gasteiger partial charge in [0.2, 0.25) is 0 Å². The molecule has 50 heavy (non-hydrogen) atoms. The summed E-state index contributed by atoms with van der Waals surface area (Å²) in [6.07, 6.45) is -0.474. The van der Waals surface area contributed by atoms with E-state index in [4.69, 9.17) is 4.99 Å². The summed E-state index contributed by atoms with van der Waals surface area (Å²) in [5.74, 6) is 0.866. The van der Waals surface area contributed by atoms with Crippen LogP contribution in [0.5, 0.6) is 0 Å². The van der Waals surface area contributed by atoms with Crippen LogP contribution in [0.2, 0.25) is 0 Å². The molecule has 5 heteroatoms. The van der Waals surface area contributed by atoms with Gasteiger partial charge in [-0.2, -0.15) is 0 Å². The first-order chi connectivity index (χ1) is 24.8. The number of hydrogen-bond acceptors (Lipinski definition) is 3. The number of aliphatic imine (C=N–C) groups is 1. The Labute approximate surface area is 289 Å². The van der Waals surface area contributed by atoms with E-state index in [1.165, 1.54) is 43.7 Å².